The molecule has 0 heterocycles. The van der Waals surface area contributed by atoms with E-state index in [4.69, 9.17) is 0 Å². The fraction of sp³-hybridized carbons (Fsp3) is 0.333. The van der Waals surface area contributed by atoms with Crippen molar-refractivity contribution in [2.24, 2.45) is 0 Å². The number of nitrogens with one attached hydrogen (secondary N) is 1. The number of amides is 2. The summed E-state index contributed by atoms with van der Waals surface area (Å²) in [5, 5.41) is 3.18. The van der Waals surface area contributed by atoms with Crippen LogP contribution in [0.4, 0.5) is 10.1 Å². The second kappa shape index (κ2) is 15.6. The molecule has 1 fully saturated rings. The van der Waals surface area contributed by atoms with Crippen molar-refractivity contribution in [3.05, 3.63) is 131 Å². The summed E-state index contributed by atoms with van der Waals surface area (Å²) in [6, 6.07) is 26.2. The van der Waals surface area contributed by atoms with Gasteiger partial charge in [-0.3, -0.25) is 13.9 Å². The molecule has 0 saturated heterocycles. The van der Waals surface area contributed by atoms with E-state index in [1.165, 1.54) is 23.1 Å². The average Bonchev–Trinajstić information content (AvgIpc) is 3.08. The third-order valence-electron chi connectivity index (χ3n) is 9.19. The minimum Gasteiger partial charge on any atom is -0.352 e. The molecule has 9 heteroatoms. The zero-order valence-electron chi connectivity index (χ0n) is 27.9. The average molecular weight is 670 g/mol. The van der Waals surface area contributed by atoms with Gasteiger partial charge in [0.05, 0.1) is 10.6 Å². The number of nitrogens with zero attached hydrogens (tertiary/aromatic N) is 2. The SMILES string of the molecule is Cc1ccc(S(=O)(=O)N(CC(=O)N(Cc2ccccc2F)[C@@H](Cc2ccccc2)C(=O)NC2CCCCC2)c2ccc(C)c(C)c2)cc1. The van der Waals surface area contributed by atoms with Crippen molar-refractivity contribution in [1.29, 1.82) is 0 Å². The number of carbonyl (C=O) groups is 2. The Kier molecular flexibility index (Phi) is 11.3. The van der Waals surface area contributed by atoms with E-state index in [9.17, 15) is 18.0 Å². The Hall–Kier alpha value is -4.50. The molecule has 0 bridgehead atoms. The van der Waals surface area contributed by atoms with Crippen LogP contribution < -0.4 is 9.62 Å². The lowest BCUT2D eigenvalue weighted by atomic mass is 9.94. The molecule has 1 aliphatic rings. The van der Waals surface area contributed by atoms with Crippen LogP contribution in [0.25, 0.3) is 0 Å². The quantitative estimate of drug-likeness (QED) is 0.176. The molecular formula is C39H44FN3O4S. The maximum Gasteiger partial charge on any atom is 0.264 e. The molecule has 1 aliphatic carbocycles. The van der Waals surface area contributed by atoms with Crippen LogP contribution in [0.1, 0.15) is 59.9 Å². The summed E-state index contributed by atoms with van der Waals surface area (Å²) in [4.78, 5) is 30.3. The maximum atomic E-state index is 15.2. The monoisotopic (exact) mass is 669 g/mol. The molecular weight excluding hydrogens is 626 g/mol. The molecule has 1 atom stereocenters. The van der Waals surface area contributed by atoms with Crippen LogP contribution in [0.5, 0.6) is 0 Å². The van der Waals surface area contributed by atoms with E-state index >= 15 is 4.39 Å². The third kappa shape index (κ3) is 8.50. The molecule has 48 heavy (non-hydrogen) atoms. The highest BCUT2D eigenvalue weighted by Gasteiger charge is 2.36. The first-order valence-electron chi connectivity index (χ1n) is 16.6. The maximum absolute atomic E-state index is 15.2. The molecule has 5 rings (SSSR count). The van der Waals surface area contributed by atoms with Crippen LogP contribution in [0.15, 0.2) is 102 Å². The van der Waals surface area contributed by atoms with Gasteiger partial charge in [-0.15, -0.1) is 0 Å². The number of halogens is 1. The third-order valence-corrected chi connectivity index (χ3v) is 11.0. The van der Waals surface area contributed by atoms with E-state index < -0.39 is 34.3 Å². The fourth-order valence-corrected chi connectivity index (χ4v) is 7.56. The van der Waals surface area contributed by atoms with Crippen LogP contribution in [-0.2, 0) is 32.6 Å². The molecule has 0 radical (unpaired) electrons. The smallest absolute Gasteiger partial charge is 0.264 e. The second-order valence-corrected chi connectivity index (χ2v) is 14.6. The predicted molar refractivity (Wildman–Crippen MR) is 188 cm³/mol. The van der Waals surface area contributed by atoms with Crippen molar-refractivity contribution in [2.75, 3.05) is 10.8 Å². The molecule has 1 N–H and O–H groups in total. The number of benzene rings is 4. The first-order chi connectivity index (χ1) is 23.0. The molecule has 0 unspecified atom stereocenters. The predicted octanol–water partition coefficient (Wildman–Crippen LogP) is 7.04. The summed E-state index contributed by atoms with van der Waals surface area (Å²) in [6.45, 7) is 4.88. The molecule has 7 nitrogen and oxygen atoms in total. The number of anilines is 1. The highest BCUT2D eigenvalue weighted by molar-refractivity contribution is 7.92. The van der Waals surface area contributed by atoms with Gasteiger partial charge in [0.25, 0.3) is 10.0 Å². The van der Waals surface area contributed by atoms with Crippen molar-refractivity contribution in [3.8, 4) is 0 Å². The van der Waals surface area contributed by atoms with Crippen LogP contribution in [-0.4, -0.2) is 43.8 Å². The van der Waals surface area contributed by atoms with E-state index in [1.807, 2.05) is 57.2 Å². The second-order valence-electron chi connectivity index (χ2n) is 12.8. The molecule has 1 saturated carbocycles. The van der Waals surface area contributed by atoms with Gasteiger partial charge in [0.15, 0.2) is 0 Å². The molecule has 2 amide bonds. The lowest BCUT2D eigenvalue weighted by Gasteiger charge is -2.35. The van der Waals surface area contributed by atoms with Gasteiger partial charge in [0.1, 0.15) is 18.4 Å². The summed E-state index contributed by atoms with van der Waals surface area (Å²) in [5.74, 6) is -1.47. The van der Waals surface area contributed by atoms with E-state index in [2.05, 4.69) is 5.32 Å². The largest absolute Gasteiger partial charge is 0.352 e. The van der Waals surface area contributed by atoms with Gasteiger partial charge in [-0.2, -0.15) is 0 Å². The fourth-order valence-electron chi connectivity index (χ4n) is 6.16. The topological polar surface area (TPSA) is 86.8 Å². The molecule has 0 aromatic heterocycles. The molecule has 0 aliphatic heterocycles. The van der Waals surface area contributed by atoms with Crippen molar-refractivity contribution in [2.45, 2.75) is 82.8 Å². The standard InChI is InChI=1S/C39H44FN3O4S/c1-28-18-22-35(23-19-28)48(46,47)43(34-21-20-29(2)30(3)24-34)27-38(44)42(26-32-14-10-11-17-36(32)40)37(25-31-12-6-4-7-13-31)39(45)41-33-15-8-5-9-16-33/h4,6-7,10-14,17-24,33,37H,5,8-9,15-16,25-27H2,1-3H3,(H,41,45)/t37-/m0/s1. The van der Waals surface area contributed by atoms with E-state index in [-0.39, 0.29) is 35.4 Å². The van der Waals surface area contributed by atoms with Gasteiger partial charge >= 0.3 is 0 Å². The van der Waals surface area contributed by atoms with Gasteiger partial charge in [0.2, 0.25) is 11.8 Å². The number of aryl methyl sites for hydroxylation is 3. The van der Waals surface area contributed by atoms with E-state index in [0.717, 1.165) is 58.7 Å². The minimum atomic E-state index is -4.23. The Morgan fingerprint density at radius 3 is 2.17 bits per heavy atom. The van der Waals surface area contributed by atoms with Gasteiger partial charge in [-0.1, -0.05) is 91.6 Å². The van der Waals surface area contributed by atoms with Gasteiger partial charge in [-0.05, 0) is 80.6 Å². The summed E-state index contributed by atoms with van der Waals surface area (Å²) < 4.78 is 44.9. The van der Waals surface area contributed by atoms with Crippen LogP contribution in [0.3, 0.4) is 0 Å². The zero-order valence-corrected chi connectivity index (χ0v) is 28.7. The number of sulfonamides is 1. The lowest BCUT2D eigenvalue weighted by molar-refractivity contribution is -0.140. The minimum absolute atomic E-state index is 0.0242. The van der Waals surface area contributed by atoms with E-state index in [1.54, 1.807) is 42.5 Å². The molecule has 4 aromatic rings. The zero-order chi connectivity index (χ0) is 34.3. The van der Waals surface area contributed by atoms with Crippen molar-refractivity contribution in [3.63, 3.8) is 0 Å². The summed E-state index contributed by atoms with van der Waals surface area (Å²) in [7, 11) is -4.23. The van der Waals surface area contributed by atoms with Crippen molar-refractivity contribution in [1.82, 2.24) is 10.2 Å². The van der Waals surface area contributed by atoms with Crippen molar-refractivity contribution >= 4 is 27.5 Å². The Labute approximate surface area is 283 Å². The Morgan fingerprint density at radius 1 is 0.833 bits per heavy atom. The summed E-state index contributed by atoms with van der Waals surface area (Å²) in [5.41, 5.74) is 4.11. The molecule has 4 aromatic carbocycles. The number of rotatable bonds is 12. The molecule has 252 valence electrons. The van der Waals surface area contributed by atoms with Crippen LogP contribution in [0, 0.1) is 26.6 Å². The number of carbonyl (C=O) groups excluding carboxylic acids is 2. The first-order valence-corrected chi connectivity index (χ1v) is 18.0. The van der Waals surface area contributed by atoms with Gasteiger partial charge < -0.3 is 10.2 Å². The van der Waals surface area contributed by atoms with Crippen LogP contribution in [0.2, 0.25) is 0 Å². The molecule has 0 spiro atoms. The highest BCUT2D eigenvalue weighted by atomic mass is 32.2. The summed E-state index contributed by atoms with van der Waals surface area (Å²) in [6.07, 6.45) is 5.00. The lowest BCUT2D eigenvalue weighted by Crippen LogP contribution is -2.55. The summed E-state index contributed by atoms with van der Waals surface area (Å²) >= 11 is 0. The highest BCUT2D eigenvalue weighted by Crippen LogP contribution is 2.28. The Morgan fingerprint density at radius 2 is 1.50 bits per heavy atom. The van der Waals surface area contributed by atoms with Gasteiger partial charge in [-0.25, -0.2) is 12.8 Å². The van der Waals surface area contributed by atoms with Crippen molar-refractivity contribution < 1.29 is 22.4 Å². The number of hydrogen-bond acceptors (Lipinski definition) is 4. The Bertz CT molecular complexity index is 1820. The first kappa shape index (κ1) is 34.8. The normalized spacial score (nSPS) is 14.2. The van der Waals surface area contributed by atoms with Crippen LogP contribution >= 0.6 is 0 Å². The Balaban J connectivity index is 1.58. The van der Waals surface area contributed by atoms with Gasteiger partial charge in [0, 0.05) is 24.6 Å². The van der Waals surface area contributed by atoms with E-state index in [0.29, 0.717) is 5.69 Å². The number of hydrogen-bond donors (Lipinski definition) is 1.